The average Bonchev–Trinajstić information content (AvgIpc) is 3.14. The normalized spacial score (nSPS) is 12.0. The number of hydrogen-bond acceptors (Lipinski definition) is 5. The van der Waals surface area contributed by atoms with Gasteiger partial charge in [0, 0.05) is 19.2 Å². The van der Waals surface area contributed by atoms with E-state index < -0.39 is 12.5 Å². The van der Waals surface area contributed by atoms with E-state index in [9.17, 15) is 18.4 Å². The highest BCUT2D eigenvalue weighted by atomic mass is 19.3. The van der Waals surface area contributed by atoms with Crippen LogP contribution in [0.15, 0.2) is 42.5 Å². The van der Waals surface area contributed by atoms with Gasteiger partial charge in [-0.2, -0.15) is 8.78 Å². The molecule has 3 rings (SSSR count). The van der Waals surface area contributed by atoms with Crippen LogP contribution in [0.2, 0.25) is 0 Å². The fraction of sp³-hybridized carbons (Fsp3) is 0.263. The van der Waals surface area contributed by atoms with Gasteiger partial charge in [0.25, 0.3) is 5.91 Å². The summed E-state index contributed by atoms with van der Waals surface area (Å²) in [7, 11) is 1.58. The molecule has 0 saturated heterocycles. The van der Waals surface area contributed by atoms with Crippen molar-refractivity contribution in [3.05, 3.63) is 53.6 Å². The molecule has 2 aromatic carbocycles. The van der Waals surface area contributed by atoms with Crippen molar-refractivity contribution in [3.63, 3.8) is 0 Å². The van der Waals surface area contributed by atoms with E-state index in [1.165, 1.54) is 17.0 Å². The number of amides is 2. The Balaban J connectivity index is 1.49. The molecule has 148 valence electrons. The predicted octanol–water partition coefficient (Wildman–Crippen LogP) is 2.41. The summed E-state index contributed by atoms with van der Waals surface area (Å²) in [5.74, 6) is 0.381. The third kappa shape index (κ3) is 4.87. The minimum Gasteiger partial charge on any atom is -0.454 e. The number of carbonyl (C=O) groups is 2. The van der Waals surface area contributed by atoms with Gasteiger partial charge in [0.05, 0.1) is 6.54 Å². The highest BCUT2D eigenvalue weighted by molar-refractivity contribution is 5.97. The molecule has 7 nitrogen and oxygen atoms in total. The summed E-state index contributed by atoms with van der Waals surface area (Å²) in [6.45, 7) is -2.70. The second-order valence-electron chi connectivity index (χ2n) is 6.02. The highest BCUT2D eigenvalue weighted by Gasteiger charge is 2.17. The summed E-state index contributed by atoms with van der Waals surface area (Å²) in [5.41, 5.74) is 1.09. The van der Waals surface area contributed by atoms with Crippen LogP contribution in [0, 0.1) is 0 Å². The molecule has 9 heteroatoms. The molecule has 0 radical (unpaired) electrons. The molecule has 0 bridgehead atoms. The van der Waals surface area contributed by atoms with E-state index in [0.29, 0.717) is 17.1 Å². The Bertz CT molecular complexity index is 858. The first-order valence-electron chi connectivity index (χ1n) is 8.38. The van der Waals surface area contributed by atoms with Gasteiger partial charge >= 0.3 is 6.61 Å². The van der Waals surface area contributed by atoms with E-state index in [0.717, 1.165) is 5.56 Å². The molecule has 0 atom stereocenters. The first-order valence-corrected chi connectivity index (χ1v) is 8.38. The molecule has 0 aromatic heterocycles. The molecule has 0 unspecified atom stereocenters. The van der Waals surface area contributed by atoms with E-state index in [1.807, 2.05) is 0 Å². The minimum absolute atomic E-state index is 0.0451. The van der Waals surface area contributed by atoms with Gasteiger partial charge in [-0.05, 0) is 35.9 Å². The first kappa shape index (κ1) is 19.4. The smallest absolute Gasteiger partial charge is 0.387 e. The van der Waals surface area contributed by atoms with Gasteiger partial charge in [0.15, 0.2) is 11.5 Å². The van der Waals surface area contributed by atoms with Gasteiger partial charge in [0.1, 0.15) is 5.75 Å². The van der Waals surface area contributed by atoms with Crippen LogP contribution < -0.4 is 19.5 Å². The second-order valence-corrected chi connectivity index (χ2v) is 6.02. The molecule has 0 saturated carbocycles. The van der Waals surface area contributed by atoms with Crippen LogP contribution in [0.3, 0.4) is 0 Å². The van der Waals surface area contributed by atoms with Crippen molar-refractivity contribution >= 4 is 11.8 Å². The Hall–Kier alpha value is -3.36. The number of nitrogens with one attached hydrogen (secondary N) is 1. The van der Waals surface area contributed by atoms with Crippen LogP contribution >= 0.6 is 0 Å². The number of alkyl halides is 2. The quantitative estimate of drug-likeness (QED) is 0.783. The molecule has 0 fully saturated rings. The highest BCUT2D eigenvalue weighted by Crippen LogP contribution is 2.32. The fourth-order valence-electron chi connectivity index (χ4n) is 2.57. The molecule has 0 spiro atoms. The summed E-state index contributed by atoms with van der Waals surface area (Å²) >= 11 is 0. The van der Waals surface area contributed by atoms with Crippen molar-refractivity contribution in [2.24, 2.45) is 0 Å². The van der Waals surface area contributed by atoms with Gasteiger partial charge in [-0.3, -0.25) is 9.59 Å². The van der Waals surface area contributed by atoms with Crippen LogP contribution in [-0.4, -0.2) is 43.7 Å². The minimum atomic E-state index is -2.89. The topological polar surface area (TPSA) is 77.1 Å². The first-order chi connectivity index (χ1) is 13.4. The Morgan fingerprint density at radius 2 is 1.86 bits per heavy atom. The number of carbonyl (C=O) groups excluding carboxylic acids is 2. The number of benzene rings is 2. The molecular weight excluding hydrogens is 374 g/mol. The van der Waals surface area contributed by atoms with Crippen LogP contribution in [0.4, 0.5) is 8.78 Å². The Morgan fingerprint density at radius 3 is 2.57 bits per heavy atom. The summed E-state index contributed by atoms with van der Waals surface area (Å²) in [5, 5.41) is 2.56. The fourth-order valence-corrected chi connectivity index (χ4v) is 2.57. The Kier molecular flexibility index (Phi) is 5.93. The maximum Gasteiger partial charge on any atom is 0.387 e. The largest absolute Gasteiger partial charge is 0.454 e. The zero-order chi connectivity index (χ0) is 20.1. The van der Waals surface area contributed by atoms with Crippen molar-refractivity contribution in [2.45, 2.75) is 13.2 Å². The molecule has 0 aliphatic carbocycles. The van der Waals surface area contributed by atoms with Crippen molar-refractivity contribution in [1.29, 1.82) is 0 Å². The molecule has 1 heterocycles. The number of halogens is 2. The van der Waals surface area contributed by atoms with E-state index in [2.05, 4.69) is 10.1 Å². The van der Waals surface area contributed by atoms with E-state index in [4.69, 9.17) is 9.47 Å². The van der Waals surface area contributed by atoms with Crippen LogP contribution in [0.5, 0.6) is 17.2 Å². The lowest BCUT2D eigenvalue weighted by Gasteiger charge is -2.18. The number of rotatable bonds is 7. The molecule has 2 aromatic rings. The molecular formula is C19H18F2N2O5. The van der Waals surface area contributed by atoms with Crippen molar-refractivity contribution in [2.75, 3.05) is 20.4 Å². The van der Waals surface area contributed by atoms with E-state index in [1.54, 1.807) is 37.4 Å². The van der Waals surface area contributed by atoms with Crippen molar-refractivity contribution in [3.8, 4) is 17.2 Å². The summed E-state index contributed by atoms with van der Waals surface area (Å²) < 4.78 is 39.0. The molecule has 2 amide bonds. The van der Waals surface area contributed by atoms with Gasteiger partial charge in [-0.15, -0.1) is 0 Å². The van der Waals surface area contributed by atoms with E-state index >= 15 is 0 Å². The standard InChI is InChI=1S/C19H18F2N2O5/c1-23(10-12-2-5-14(6-3-12)28-19(20)21)17(24)9-22-18(25)13-4-7-15-16(8-13)27-11-26-15/h2-8,19H,9-11H2,1H3,(H,22,25). The Labute approximate surface area is 159 Å². The van der Waals surface area contributed by atoms with Crippen molar-refractivity contribution < 1.29 is 32.6 Å². The van der Waals surface area contributed by atoms with Gasteiger partial charge in [-0.25, -0.2) is 0 Å². The number of nitrogens with zero attached hydrogens (tertiary/aromatic N) is 1. The summed E-state index contributed by atoms with van der Waals surface area (Å²) in [6, 6.07) is 10.8. The number of ether oxygens (including phenoxy) is 3. The van der Waals surface area contributed by atoms with Crippen LogP contribution in [0.25, 0.3) is 0 Å². The predicted molar refractivity (Wildman–Crippen MR) is 94.4 cm³/mol. The van der Waals surface area contributed by atoms with Crippen LogP contribution in [-0.2, 0) is 11.3 Å². The molecule has 28 heavy (non-hydrogen) atoms. The molecule has 1 N–H and O–H groups in total. The molecule has 1 aliphatic heterocycles. The SMILES string of the molecule is CN(Cc1ccc(OC(F)F)cc1)C(=O)CNC(=O)c1ccc2c(c1)OCO2. The zero-order valence-corrected chi connectivity index (χ0v) is 15.0. The second kappa shape index (κ2) is 8.55. The van der Waals surface area contributed by atoms with Gasteiger partial charge < -0.3 is 24.4 Å². The van der Waals surface area contributed by atoms with Crippen molar-refractivity contribution in [1.82, 2.24) is 10.2 Å². The lowest BCUT2D eigenvalue weighted by Crippen LogP contribution is -2.37. The summed E-state index contributed by atoms with van der Waals surface area (Å²) in [6.07, 6.45) is 0. The van der Waals surface area contributed by atoms with Gasteiger partial charge in [-0.1, -0.05) is 12.1 Å². The third-order valence-corrected chi connectivity index (χ3v) is 4.03. The van der Waals surface area contributed by atoms with Gasteiger partial charge in [0.2, 0.25) is 12.7 Å². The average molecular weight is 392 g/mol. The maximum atomic E-state index is 12.2. The number of likely N-dealkylation sites (N-methyl/N-ethyl adjacent to an activating group) is 1. The summed E-state index contributed by atoms with van der Waals surface area (Å²) in [4.78, 5) is 25.8. The third-order valence-electron chi connectivity index (χ3n) is 4.03. The lowest BCUT2D eigenvalue weighted by atomic mass is 10.2. The number of fused-ring (bicyclic) bond motifs is 1. The zero-order valence-electron chi connectivity index (χ0n) is 15.0. The maximum absolute atomic E-state index is 12.2. The lowest BCUT2D eigenvalue weighted by molar-refractivity contribution is -0.129. The number of hydrogen-bond donors (Lipinski definition) is 1. The monoisotopic (exact) mass is 392 g/mol. The molecule has 1 aliphatic rings. The van der Waals surface area contributed by atoms with Crippen LogP contribution in [0.1, 0.15) is 15.9 Å². The van der Waals surface area contributed by atoms with E-state index in [-0.39, 0.29) is 31.5 Å². The Morgan fingerprint density at radius 1 is 1.14 bits per heavy atom.